The van der Waals surface area contributed by atoms with Crippen molar-refractivity contribution in [2.24, 2.45) is 11.8 Å². The van der Waals surface area contributed by atoms with E-state index in [0.29, 0.717) is 34.9 Å². The van der Waals surface area contributed by atoms with Crippen molar-refractivity contribution in [3.05, 3.63) is 48.0 Å². The minimum atomic E-state index is -4.44. The SMILES string of the molecule is Cc1nc(NCC(F)(F)F)nc(C(C)C2CC(Cn3ccnn3)C(O)C2O)c1-c1nc2ccccc2s1. The molecule has 0 aliphatic heterocycles. The van der Waals surface area contributed by atoms with Crippen LogP contribution in [0.1, 0.15) is 30.7 Å². The Balaban J connectivity index is 1.53. The van der Waals surface area contributed by atoms with Crippen LogP contribution >= 0.6 is 11.3 Å². The quantitative estimate of drug-likeness (QED) is 0.328. The van der Waals surface area contributed by atoms with Crippen LogP contribution in [0.15, 0.2) is 36.7 Å². The number of rotatable bonds is 7. The fraction of sp³-hybridized carbons (Fsp3) is 0.458. The molecule has 1 aromatic carbocycles. The van der Waals surface area contributed by atoms with Crippen LogP contribution < -0.4 is 5.32 Å². The van der Waals surface area contributed by atoms with E-state index in [1.807, 2.05) is 31.2 Å². The van der Waals surface area contributed by atoms with Crippen LogP contribution in [0.4, 0.5) is 19.1 Å². The molecule has 13 heteroatoms. The van der Waals surface area contributed by atoms with Gasteiger partial charge in [0.15, 0.2) is 0 Å². The Labute approximate surface area is 214 Å². The number of halogens is 3. The molecule has 5 unspecified atom stereocenters. The fourth-order valence-corrected chi connectivity index (χ4v) is 6.11. The maximum Gasteiger partial charge on any atom is 0.405 e. The summed E-state index contributed by atoms with van der Waals surface area (Å²) in [6.45, 7) is 2.69. The fourth-order valence-electron chi connectivity index (χ4n) is 5.04. The molecule has 4 aromatic rings. The Hall–Kier alpha value is -3.16. The van der Waals surface area contributed by atoms with Crippen LogP contribution in [0, 0.1) is 18.8 Å². The minimum absolute atomic E-state index is 0.145. The Bertz CT molecular complexity index is 1350. The second-order valence-electron chi connectivity index (χ2n) is 9.40. The molecule has 1 saturated carbocycles. The number of para-hydroxylation sites is 1. The number of aliphatic hydroxyl groups is 2. The topological polar surface area (TPSA) is 122 Å². The maximum atomic E-state index is 12.9. The lowest BCUT2D eigenvalue weighted by atomic mass is 9.85. The molecule has 1 fully saturated rings. The number of fused-ring (bicyclic) bond motifs is 1. The number of nitrogens with zero attached hydrogens (tertiary/aromatic N) is 6. The average molecular weight is 534 g/mol. The predicted octanol–water partition coefficient (Wildman–Crippen LogP) is 3.79. The molecule has 3 N–H and O–H groups in total. The first-order chi connectivity index (χ1) is 17.6. The molecule has 1 aliphatic rings. The van der Waals surface area contributed by atoms with E-state index in [0.717, 1.165) is 10.2 Å². The Morgan fingerprint density at radius 1 is 1.16 bits per heavy atom. The minimum Gasteiger partial charge on any atom is -0.390 e. The zero-order valence-electron chi connectivity index (χ0n) is 20.1. The summed E-state index contributed by atoms with van der Waals surface area (Å²) in [4.78, 5) is 13.6. The van der Waals surface area contributed by atoms with Crippen molar-refractivity contribution in [1.29, 1.82) is 0 Å². The molecule has 37 heavy (non-hydrogen) atoms. The molecular formula is C24H26F3N7O2S. The first-order valence-corrected chi connectivity index (χ1v) is 12.7. The van der Waals surface area contributed by atoms with Gasteiger partial charge in [0.25, 0.3) is 0 Å². The van der Waals surface area contributed by atoms with Crippen LogP contribution in [0.25, 0.3) is 20.8 Å². The van der Waals surface area contributed by atoms with E-state index in [4.69, 9.17) is 4.98 Å². The summed E-state index contributed by atoms with van der Waals surface area (Å²) in [6.07, 6.45) is -2.78. The van der Waals surface area contributed by atoms with E-state index in [1.54, 1.807) is 24.0 Å². The van der Waals surface area contributed by atoms with Gasteiger partial charge in [-0.05, 0) is 31.4 Å². The third-order valence-corrected chi connectivity index (χ3v) is 7.94. The third kappa shape index (κ3) is 5.29. The van der Waals surface area contributed by atoms with E-state index >= 15 is 0 Å². The summed E-state index contributed by atoms with van der Waals surface area (Å²) in [6, 6.07) is 7.63. The number of aryl methyl sites for hydroxylation is 1. The lowest BCUT2D eigenvalue weighted by Crippen LogP contribution is -2.31. The highest BCUT2D eigenvalue weighted by Crippen LogP contribution is 2.45. The monoisotopic (exact) mass is 533 g/mol. The molecule has 9 nitrogen and oxygen atoms in total. The number of aliphatic hydroxyl groups excluding tert-OH is 2. The molecule has 0 radical (unpaired) electrons. The number of nitrogens with one attached hydrogen (secondary N) is 1. The molecule has 0 amide bonds. The van der Waals surface area contributed by atoms with E-state index < -0.39 is 36.8 Å². The lowest BCUT2D eigenvalue weighted by Gasteiger charge is -2.25. The largest absolute Gasteiger partial charge is 0.405 e. The van der Waals surface area contributed by atoms with Gasteiger partial charge in [0.05, 0.1) is 45.6 Å². The van der Waals surface area contributed by atoms with Crippen molar-refractivity contribution in [3.8, 4) is 10.6 Å². The second kappa shape index (κ2) is 9.95. The van der Waals surface area contributed by atoms with Crippen molar-refractivity contribution >= 4 is 27.5 Å². The molecule has 1 aliphatic carbocycles. The maximum absolute atomic E-state index is 12.9. The van der Waals surface area contributed by atoms with Crippen LogP contribution in [0.2, 0.25) is 0 Å². The van der Waals surface area contributed by atoms with E-state index in [-0.39, 0.29) is 11.9 Å². The van der Waals surface area contributed by atoms with Gasteiger partial charge < -0.3 is 15.5 Å². The van der Waals surface area contributed by atoms with Crippen molar-refractivity contribution in [3.63, 3.8) is 0 Å². The highest BCUT2D eigenvalue weighted by Gasteiger charge is 2.45. The van der Waals surface area contributed by atoms with Crippen molar-refractivity contribution in [2.45, 2.75) is 51.1 Å². The molecule has 0 saturated heterocycles. The van der Waals surface area contributed by atoms with Gasteiger partial charge in [0, 0.05) is 24.6 Å². The number of aromatic nitrogens is 6. The smallest absolute Gasteiger partial charge is 0.390 e. The Kier molecular flexibility index (Phi) is 6.86. The van der Waals surface area contributed by atoms with Gasteiger partial charge in [-0.2, -0.15) is 13.2 Å². The molecule has 3 aromatic heterocycles. The Morgan fingerprint density at radius 3 is 2.65 bits per heavy atom. The summed E-state index contributed by atoms with van der Waals surface area (Å²) in [5, 5.41) is 32.5. The molecule has 0 spiro atoms. The van der Waals surface area contributed by atoms with Crippen LogP contribution in [-0.2, 0) is 6.54 Å². The van der Waals surface area contributed by atoms with Crippen molar-refractivity contribution in [2.75, 3.05) is 11.9 Å². The molecule has 196 valence electrons. The van der Waals surface area contributed by atoms with E-state index in [1.165, 1.54) is 11.3 Å². The standard InChI is InChI=1S/C24H26F3N7O2S/c1-12(15-9-14(20(35)21(15)36)10-34-8-7-29-33-34)19-18(22-31-16-5-3-4-6-17(16)37-22)13(2)30-23(32-19)28-11-24(25,26)27/h3-8,12,14-15,20-21,35-36H,9-11H2,1-2H3,(H,28,30,32). The molecule has 5 atom stereocenters. The third-order valence-electron chi connectivity index (χ3n) is 6.89. The number of anilines is 1. The number of alkyl halides is 3. The zero-order chi connectivity index (χ0) is 26.3. The van der Waals surface area contributed by atoms with Crippen molar-refractivity contribution in [1.82, 2.24) is 29.9 Å². The second-order valence-corrected chi connectivity index (χ2v) is 10.4. The number of hydrogen-bond donors (Lipinski definition) is 3. The Morgan fingerprint density at radius 2 is 1.95 bits per heavy atom. The highest BCUT2D eigenvalue weighted by molar-refractivity contribution is 7.21. The van der Waals surface area contributed by atoms with Gasteiger partial charge in [-0.25, -0.2) is 15.0 Å². The normalized spacial score (nSPS) is 23.0. The van der Waals surface area contributed by atoms with Crippen LogP contribution in [0.3, 0.4) is 0 Å². The van der Waals surface area contributed by atoms with Gasteiger partial charge in [-0.15, -0.1) is 16.4 Å². The van der Waals surface area contributed by atoms with Gasteiger partial charge in [0.1, 0.15) is 11.6 Å². The first-order valence-electron chi connectivity index (χ1n) is 11.9. The van der Waals surface area contributed by atoms with Gasteiger partial charge in [0.2, 0.25) is 5.95 Å². The van der Waals surface area contributed by atoms with Crippen molar-refractivity contribution < 1.29 is 23.4 Å². The predicted molar refractivity (Wildman–Crippen MR) is 132 cm³/mol. The van der Waals surface area contributed by atoms with Crippen LogP contribution in [-0.4, -0.2) is 65.1 Å². The molecule has 3 heterocycles. The molecular weight excluding hydrogens is 507 g/mol. The van der Waals surface area contributed by atoms with Gasteiger partial charge in [-0.1, -0.05) is 24.3 Å². The number of benzene rings is 1. The summed E-state index contributed by atoms with van der Waals surface area (Å²) in [5.74, 6) is -1.24. The van der Waals surface area contributed by atoms with Gasteiger partial charge >= 0.3 is 6.18 Å². The summed E-state index contributed by atoms with van der Waals surface area (Å²) >= 11 is 1.44. The number of thiazole rings is 1. The average Bonchev–Trinajstić information content (AvgIpc) is 3.58. The lowest BCUT2D eigenvalue weighted by molar-refractivity contribution is -0.115. The molecule has 5 rings (SSSR count). The van der Waals surface area contributed by atoms with Gasteiger partial charge in [-0.3, -0.25) is 4.68 Å². The summed E-state index contributed by atoms with van der Waals surface area (Å²) < 4.78 is 41.3. The number of hydrogen-bond acceptors (Lipinski definition) is 9. The van der Waals surface area contributed by atoms with E-state index in [9.17, 15) is 23.4 Å². The molecule has 0 bridgehead atoms. The first kappa shape index (κ1) is 25.5. The highest BCUT2D eigenvalue weighted by atomic mass is 32.1. The van der Waals surface area contributed by atoms with Crippen LogP contribution in [0.5, 0.6) is 0 Å². The van der Waals surface area contributed by atoms with E-state index in [2.05, 4.69) is 25.6 Å². The summed E-state index contributed by atoms with van der Waals surface area (Å²) in [5.41, 5.74) is 2.39. The summed E-state index contributed by atoms with van der Waals surface area (Å²) in [7, 11) is 0. The zero-order valence-corrected chi connectivity index (χ0v) is 20.9.